The summed E-state index contributed by atoms with van der Waals surface area (Å²) in [4.78, 5) is 0.0395. The Hall–Kier alpha value is -1.56. The molecule has 0 aliphatic carbocycles. The minimum Gasteiger partial charge on any atom is -0.497 e. The maximum Gasteiger partial charge on any atom is 0.242 e. The molecule has 1 N–H and O–H groups in total. The van der Waals surface area contributed by atoms with Crippen LogP contribution in [0.3, 0.4) is 0 Å². The summed E-state index contributed by atoms with van der Waals surface area (Å²) in [6.07, 6.45) is 0. The van der Waals surface area contributed by atoms with Gasteiger partial charge in [0.05, 0.1) is 12.1 Å². The largest absolute Gasteiger partial charge is 0.497 e. The predicted octanol–water partition coefficient (Wildman–Crippen LogP) is 3.14. The average molecular weight is 326 g/mol. The van der Waals surface area contributed by atoms with E-state index < -0.39 is 10.0 Å². The van der Waals surface area contributed by atoms with Crippen molar-refractivity contribution in [3.8, 4) is 5.75 Å². The normalized spacial score (nSPS) is 11.4. The third-order valence-electron chi connectivity index (χ3n) is 2.98. The second-order valence-corrected chi connectivity index (χ2v) is 6.75. The lowest BCUT2D eigenvalue weighted by atomic mass is 10.1. The molecule has 0 aliphatic rings. The second-order valence-electron chi connectivity index (χ2n) is 4.61. The van der Waals surface area contributed by atoms with E-state index in [2.05, 4.69) is 4.72 Å². The first-order valence-electron chi connectivity index (χ1n) is 6.31. The van der Waals surface area contributed by atoms with Crippen molar-refractivity contribution in [1.29, 1.82) is 0 Å². The first-order valence-corrected chi connectivity index (χ1v) is 8.17. The molecule has 0 saturated heterocycles. The average Bonchev–Trinajstić information content (AvgIpc) is 2.45. The van der Waals surface area contributed by atoms with Gasteiger partial charge in [-0.15, -0.1) is 0 Å². The highest BCUT2D eigenvalue weighted by atomic mass is 35.5. The topological polar surface area (TPSA) is 55.4 Å². The molecule has 112 valence electrons. The fraction of sp³-hybridized carbons (Fsp3) is 0.200. The number of rotatable bonds is 5. The highest BCUT2D eigenvalue weighted by Gasteiger charge is 2.18. The van der Waals surface area contributed by atoms with Crippen LogP contribution in [0.4, 0.5) is 0 Å². The van der Waals surface area contributed by atoms with Crippen LogP contribution < -0.4 is 9.46 Å². The van der Waals surface area contributed by atoms with E-state index in [4.69, 9.17) is 16.3 Å². The van der Waals surface area contributed by atoms with Crippen molar-refractivity contribution < 1.29 is 13.2 Å². The molecule has 2 rings (SSSR count). The second kappa shape index (κ2) is 6.47. The number of methoxy groups -OCH3 is 1. The van der Waals surface area contributed by atoms with Gasteiger partial charge in [-0.1, -0.05) is 41.4 Å². The quantitative estimate of drug-likeness (QED) is 0.918. The van der Waals surface area contributed by atoms with E-state index in [0.717, 1.165) is 11.1 Å². The van der Waals surface area contributed by atoms with Crippen molar-refractivity contribution in [3.63, 3.8) is 0 Å². The van der Waals surface area contributed by atoms with Crippen molar-refractivity contribution in [2.24, 2.45) is 0 Å². The molecule has 0 amide bonds. The van der Waals surface area contributed by atoms with E-state index in [-0.39, 0.29) is 16.5 Å². The third-order valence-corrected chi connectivity index (χ3v) is 4.86. The van der Waals surface area contributed by atoms with Gasteiger partial charge >= 0.3 is 0 Å². The number of hydrogen-bond donors (Lipinski definition) is 1. The van der Waals surface area contributed by atoms with Crippen LogP contribution in [0.25, 0.3) is 0 Å². The minimum absolute atomic E-state index is 0.0395. The van der Waals surface area contributed by atoms with Crippen molar-refractivity contribution in [3.05, 3.63) is 58.6 Å². The van der Waals surface area contributed by atoms with E-state index in [1.807, 2.05) is 31.2 Å². The Balaban J connectivity index is 2.19. The fourth-order valence-corrected chi connectivity index (χ4v) is 3.45. The number of hydrogen-bond acceptors (Lipinski definition) is 3. The van der Waals surface area contributed by atoms with Crippen LogP contribution in [0.5, 0.6) is 5.75 Å². The van der Waals surface area contributed by atoms with Crippen LogP contribution in [-0.4, -0.2) is 15.5 Å². The molecule has 4 nitrogen and oxygen atoms in total. The van der Waals surface area contributed by atoms with Gasteiger partial charge in [-0.05, 0) is 24.6 Å². The monoisotopic (exact) mass is 325 g/mol. The number of nitrogens with one attached hydrogen (secondary N) is 1. The minimum atomic E-state index is -3.66. The molecule has 2 aromatic rings. The molecule has 21 heavy (non-hydrogen) atoms. The number of ether oxygens (including phenoxy) is 1. The maximum atomic E-state index is 12.3. The molecule has 6 heteroatoms. The molecule has 0 spiro atoms. The smallest absolute Gasteiger partial charge is 0.242 e. The summed E-state index contributed by atoms with van der Waals surface area (Å²) in [7, 11) is -2.17. The van der Waals surface area contributed by atoms with Crippen LogP contribution in [-0.2, 0) is 16.6 Å². The molecule has 0 saturated carbocycles. The lowest BCUT2D eigenvalue weighted by Crippen LogP contribution is -2.23. The molecule has 0 fully saturated rings. The zero-order valence-electron chi connectivity index (χ0n) is 11.8. The van der Waals surface area contributed by atoms with Crippen LogP contribution in [0.15, 0.2) is 47.4 Å². The zero-order valence-corrected chi connectivity index (χ0v) is 13.3. The number of benzene rings is 2. The summed E-state index contributed by atoms with van der Waals surface area (Å²) in [6, 6.07) is 12.1. The molecule has 0 unspecified atom stereocenters. The van der Waals surface area contributed by atoms with Crippen LogP contribution >= 0.6 is 11.6 Å². The first-order chi connectivity index (χ1) is 9.92. The number of halogens is 1. The van der Waals surface area contributed by atoms with Crippen molar-refractivity contribution >= 4 is 21.6 Å². The zero-order chi connectivity index (χ0) is 15.5. The van der Waals surface area contributed by atoms with Gasteiger partial charge in [-0.3, -0.25) is 0 Å². The Morgan fingerprint density at radius 3 is 2.57 bits per heavy atom. The summed E-state index contributed by atoms with van der Waals surface area (Å²) in [5, 5.41) is 0.131. The maximum absolute atomic E-state index is 12.3. The molecule has 0 aliphatic heterocycles. The van der Waals surface area contributed by atoms with Crippen molar-refractivity contribution in [2.75, 3.05) is 7.11 Å². The van der Waals surface area contributed by atoms with Crippen LogP contribution in [0.2, 0.25) is 5.02 Å². The summed E-state index contributed by atoms with van der Waals surface area (Å²) in [5.74, 6) is 0.512. The third kappa shape index (κ3) is 3.97. The summed E-state index contributed by atoms with van der Waals surface area (Å²) in [6.45, 7) is 2.17. The van der Waals surface area contributed by atoms with E-state index in [0.29, 0.717) is 5.75 Å². The molecular formula is C15H16ClNO3S. The molecular weight excluding hydrogens is 310 g/mol. The van der Waals surface area contributed by atoms with Gasteiger partial charge in [0, 0.05) is 12.6 Å². The fourth-order valence-electron chi connectivity index (χ4n) is 1.90. The first kappa shape index (κ1) is 15.8. The Morgan fingerprint density at radius 1 is 1.19 bits per heavy atom. The van der Waals surface area contributed by atoms with E-state index in [1.165, 1.54) is 19.2 Å². The number of sulfonamides is 1. The summed E-state index contributed by atoms with van der Waals surface area (Å²) >= 11 is 6.00. The van der Waals surface area contributed by atoms with Gasteiger partial charge in [0.1, 0.15) is 10.6 Å². The lowest BCUT2D eigenvalue weighted by molar-refractivity contribution is 0.414. The molecule has 0 atom stereocenters. The molecule has 2 aromatic carbocycles. The van der Waals surface area contributed by atoms with E-state index in [9.17, 15) is 8.42 Å². The standard InChI is InChI=1S/C15H16ClNO3S/c1-11-4-3-5-12(8-11)10-17-21(18,19)15-7-6-13(20-2)9-14(15)16/h3-9,17H,10H2,1-2H3. The number of aryl methyl sites for hydroxylation is 1. The predicted molar refractivity (Wildman–Crippen MR) is 83.2 cm³/mol. The van der Waals surface area contributed by atoms with Crippen LogP contribution in [0, 0.1) is 6.92 Å². The van der Waals surface area contributed by atoms with Gasteiger partial charge in [-0.2, -0.15) is 0 Å². The Kier molecular flexibility index (Phi) is 4.88. The molecule has 0 radical (unpaired) electrons. The van der Waals surface area contributed by atoms with Gasteiger partial charge in [0.25, 0.3) is 0 Å². The molecule has 0 aromatic heterocycles. The van der Waals surface area contributed by atoms with Gasteiger partial charge in [0.15, 0.2) is 0 Å². The summed E-state index contributed by atoms with van der Waals surface area (Å²) in [5.41, 5.74) is 1.97. The Labute approximate surface area is 129 Å². The Bertz CT molecular complexity index is 744. The summed E-state index contributed by atoms with van der Waals surface area (Å²) < 4.78 is 32.1. The van der Waals surface area contributed by atoms with Crippen molar-refractivity contribution in [1.82, 2.24) is 4.72 Å². The van der Waals surface area contributed by atoms with Crippen molar-refractivity contribution in [2.45, 2.75) is 18.4 Å². The molecule has 0 heterocycles. The van der Waals surface area contributed by atoms with E-state index in [1.54, 1.807) is 6.07 Å². The Morgan fingerprint density at radius 2 is 1.95 bits per heavy atom. The van der Waals surface area contributed by atoms with Gasteiger partial charge in [0.2, 0.25) is 10.0 Å². The SMILES string of the molecule is COc1ccc(S(=O)(=O)NCc2cccc(C)c2)c(Cl)c1. The van der Waals surface area contributed by atoms with E-state index >= 15 is 0 Å². The highest BCUT2D eigenvalue weighted by molar-refractivity contribution is 7.89. The molecule has 0 bridgehead atoms. The van der Waals surface area contributed by atoms with Gasteiger partial charge < -0.3 is 4.74 Å². The highest BCUT2D eigenvalue weighted by Crippen LogP contribution is 2.26. The van der Waals surface area contributed by atoms with Crippen LogP contribution in [0.1, 0.15) is 11.1 Å². The van der Waals surface area contributed by atoms with Gasteiger partial charge in [-0.25, -0.2) is 13.1 Å². The lowest BCUT2D eigenvalue weighted by Gasteiger charge is -2.10.